The summed E-state index contributed by atoms with van der Waals surface area (Å²) in [6.07, 6.45) is -5.35. The van der Waals surface area contributed by atoms with E-state index < -0.39 is 30.6 Å². The molecule has 2 aromatic rings. The molecule has 0 aliphatic carbocycles. The van der Waals surface area contributed by atoms with Gasteiger partial charge in [-0.1, -0.05) is 42.5 Å². The molecule has 2 rings (SSSR count). The Bertz CT molecular complexity index is 757. The van der Waals surface area contributed by atoms with Crippen molar-refractivity contribution in [3.05, 3.63) is 48.0 Å². The van der Waals surface area contributed by atoms with E-state index in [4.69, 9.17) is 0 Å². The second-order valence-corrected chi connectivity index (χ2v) is 5.43. The van der Waals surface area contributed by atoms with Gasteiger partial charge >= 0.3 is 18.0 Å². The van der Waals surface area contributed by atoms with E-state index in [1.54, 1.807) is 12.1 Å². The third-order valence-corrected chi connectivity index (χ3v) is 3.54. The lowest BCUT2D eigenvalue weighted by Crippen LogP contribution is -2.43. The van der Waals surface area contributed by atoms with Gasteiger partial charge in [0, 0.05) is 6.54 Å². The van der Waals surface area contributed by atoms with Gasteiger partial charge in [-0.25, -0.2) is 0 Å². The SMILES string of the molecule is O=C(NCCC(O)c1cccc2ccccc12)C(=O)NCC(F)(F)F. The van der Waals surface area contributed by atoms with Crippen LogP contribution in [0.3, 0.4) is 0 Å². The molecular weight excluding hydrogens is 337 g/mol. The van der Waals surface area contributed by atoms with Crippen LogP contribution in [0.2, 0.25) is 0 Å². The van der Waals surface area contributed by atoms with Gasteiger partial charge in [-0.2, -0.15) is 13.2 Å². The quantitative estimate of drug-likeness (QED) is 0.719. The predicted octanol–water partition coefficient (Wildman–Crippen LogP) is 2.06. The zero-order valence-electron chi connectivity index (χ0n) is 13.1. The number of hydrogen-bond acceptors (Lipinski definition) is 3. The van der Waals surface area contributed by atoms with Crippen molar-refractivity contribution in [2.45, 2.75) is 18.7 Å². The minimum atomic E-state index is -4.58. The number of hydrogen-bond donors (Lipinski definition) is 3. The first-order chi connectivity index (χ1) is 11.8. The molecule has 1 atom stereocenters. The minimum absolute atomic E-state index is 0.0529. The molecule has 3 N–H and O–H groups in total. The van der Waals surface area contributed by atoms with Crippen molar-refractivity contribution in [1.29, 1.82) is 0 Å². The van der Waals surface area contributed by atoms with Crippen molar-refractivity contribution in [3.63, 3.8) is 0 Å². The summed E-state index contributed by atoms with van der Waals surface area (Å²) in [5.74, 6) is -2.54. The Kier molecular flexibility index (Phi) is 5.97. The number of aliphatic hydroxyl groups is 1. The van der Waals surface area contributed by atoms with E-state index in [2.05, 4.69) is 5.32 Å². The highest BCUT2D eigenvalue weighted by atomic mass is 19.4. The fourth-order valence-corrected chi connectivity index (χ4v) is 2.36. The van der Waals surface area contributed by atoms with Crippen LogP contribution in [0.4, 0.5) is 13.2 Å². The molecule has 134 valence electrons. The maximum absolute atomic E-state index is 12.0. The zero-order chi connectivity index (χ0) is 18.4. The standard InChI is InChI=1S/C17H17F3N2O3/c18-17(19,20)10-22-16(25)15(24)21-9-8-14(23)13-7-3-5-11-4-1-2-6-12(11)13/h1-7,14,23H,8-10H2,(H,21,24)(H,22,25). The number of carbonyl (C=O) groups excluding carboxylic acids is 2. The molecule has 0 radical (unpaired) electrons. The van der Waals surface area contributed by atoms with E-state index in [1.165, 1.54) is 5.32 Å². The third kappa shape index (κ3) is 5.46. The van der Waals surface area contributed by atoms with Gasteiger partial charge < -0.3 is 15.7 Å². The molecule has 8 heteroatoms. The highest BCUT2D eigenvalue weighted by Crippen LogP contribution is 2.25. The minimum Gasteiger partial charge on any atom is -0.388 e. The molecule has 2 amide bonds. The maximum Gasteiger partial charge on any atom is 0.405 e. The molecule has 0 bridgehead atoms. The van der Waals surface area contributed by atoms with Crippen molar-refractivity contribution >= 4 is 22.6 Å². The molecule has 2 aromatic carbocycles. The molecule has 0 aliphatic heterocycles. The van der Waals surface area contributed by atoms with Crippen molar-refractivity contribution in [2.75, 3.05) is 13.1 Å². The summed E-state index contributed by atoms with van der Waals surface area (Å²) in [5.41, 5.74) is 0.675. The van der Waals surface area contributed by atoms with Crippen LogP contribution in [0.25, 0.3) is 10.8 Å². The van der Waals surface area contributed by atoms with Crippen molar-refractivity contribution < 1.29 is 27.9 Å². The molecule has 0 aromatic heterocycles. The van der Waals surface area contributed by atoms with Crippen LogP contribution in [-0.2, 0) is 9.59 Å². The topological polar surface area (TPSA) is 78.4 Å². The van der Waals surface area contributed by atoms with Crippen molar-refractivity contribution in [2.24, 2.45) is 0 Å². The van der Waals surface area contributed by atoms with Gasteiger partial charge in [0.2, 0.25) is 0 Å². The van der Waals surface area contributed by atoms with E-state index in [0.29, 0.717) is 5.56 Å². The van der Waals surface area contributed by atoms with E-state index in [-0.39, 0.29) is 13.0 Å². The zero-order valence-corrected chi connectivity index (χ0v) is 13.1. The number of aliphatic hydroxyl groups excluding tert-OH is 1. The van der Waals surface area contributed by atoms with Crippen molar-refractivity contribution in [3.8, 4) is 0 Å². The van der Waals surface area contributed by atoms with Gasteiger partial charge in [0.25, 0.3) is 0 Å². The molecular formula is C17H17F3N2O3. The second-order valence-electron chi connectivity index (χ2n) is 5.43. The normalized spacial score (nSPS) is 12.6. The summed E-state index contributed by atoms with van der Waals surface area (Å²) in [6.45, 7) is -1.62. The number of fused-ring (bicyclic) bond motifs is 1. The number of halogens is 3. The molecule has 0 heterocycles. The molecule has 5 nitrogen and oxygen atoms in total. The van der Waals surface area contributed by atoms with Gasteiger partial charge in [-0.15, -0.1) is 0 Å². The van der Waals surface area contributed by atoms with Crippen LogP contribution in [0.5, 0.6) is 0 Å². The first-order valence-electron chi connectivity index (χ1n) is 7.56. The summed E-state index contributed by atoms with van der Waals surface area (Å²) in [4.78, 5) is 22.6. The fourth-order valence-electron chi connectivity index (χ4n) is 2.36. The lowest BCUT2D eigenvalue weighted by atomic mass is 9.99. The molecule has 0 aliphatic rings. The Morgan fingerprint density at radius 3 is 2.36 bits per heavy atom. The van der Waals surface area contributed by atoms with E-state index >= 15 is 0 Å². The summed E-state index contributed by atoms with van der Waals surface area (Å²) in [6, 6.07) is 12.9. The number of carbonyl (C=O) groups is 2. The lowest BCUT2D eigenvalue weighted by molar-refractivity contribution is -0.146. The molecule has 0 saturated carbocycles. The Hall–Kier alpha value is -2.61. The van der Waals surface area contributed by atoms with Gasteiger partial charge in [0.15, 0.2) is 0 Å². The van der Waals surface area contributed by atoms with Gasteiger partial charge in [-0.05, 0) is 22.8 Å². The van der Waals surface area contributed by atoms with Crippen LogP contribution in [0, 0.1) is 0 Å². The summed E-state index contributed by atoms with van der Waals surface area (Å²) in [5, 5.41) is 15.8. The van der Waals surface area contributed by atoms with Crippen LogP contribution in [-0.4, -0.2) is 36.2 Å². The average molecular weight is 354 g/mol. The molecule has 0 spiro atoms. The Labute approximate surface area is 141 Å². The smallest absolute Gasteiger partial charge is 0.388 e. The lowest BCUT2D eigenvalue weighted by Gasteiger charge is -2.14. The van der Waals surface area contributed by atoms with Gasteiger partial charge in [0.05, 0.1) is 6.10 Å². The first kappa shape index (κ1) is 18.7. The van der Waals surface area contributed by atoms with Crippen LogP contribution < -0.4 is 10.6 Å². The van der Waals surface area contributed by atoms with Crippen LogP contribution >= 0.6 is 0 Å². The number of nitrogens with one attached hydrogen (secondary N) is 2. The molecule has 25 heavy (non-hydrogen) atoms. The van der Waals surface area contributed by atoms with E-state index in [0.717, 1.165) is 10.8 Å². The summed E-state index contributed by atoms with van der Waals surface area (Å²) < 4.78 is 35.9. The van der Waals surface area contributed by atoms with Crippen LogP contribution in [0.15, 0.2) is 42.5 Å². The number of alkyl halides is 3. The maximum atomic E-state index is 12.0. The van der Waals surface area contributed by atoms with Gasteiger partial charge in [-0.3, -0.25) is 9.59 Å². The molecule has 0 saturated heterocycles. The molecule has 0 fully saturated rings. The van der Waals surface area contributed by atoms with E-state index in [9.17, 15) is 27.9 Å². The average Bonchev–Trinajstić information content (AvgIpc) is 2.58. The predicted molar refractivity (Wildman–Crippen MR) is 85.6 cm³/mol. The van der Waals surface area contributed by atoms with Gasteiger partial charge in [0.1, 0.15) is 6.54 Å². The summed E-state index contributed by atoms with van der Waals surface area (Å²) in [7, 11) is 0. The van der Waals surface area contributed by atoms with E-state index in [1.807, 2.05) is 30.3 Å². The monoisotopic (exact) mass is 354 g/mol. The Morgan fingerprint density at radius 1 is 1.00 bits per heavy atom. The van der Waals surface area contributed by atoms with Crippen LogP contribution in [0.1, 0.15) is 18.1 Å². The highest BCUT2D eigenvalue weighted by Gasteiger charge is 2.29. The second kappa shape index (κ2) is 7.98. The largest absolute Gasteiger partial charge is 0.405 e. The highest BCUT2D eigenvalue weighted by molar-refractivity contribution is 6.35. The fraction of sp³-hybridized carbons (Fsp3) is 0.294. The molecule has 1 unspecified atom stereocenters. The first-order valence-corrected chi connectivity index (χ1v) is 7.56. The summed E-state index contributed by atoms with van der Waals surface area (Å²) >= 11 is 0. The Balaban J connectivity index is 1.86. The Morgan fingerprint density at radius 2 is 1.64 bits per heavy atom. The number of benzene rings is 2. The third-order valence-electron chi connectivity index (χ3n) is 3.54. The number of amides is 2. The van der Waals surface area contributed by atoms with Crippen molar-refractivity contribution in [1.82, 2.24) is 10.6 Å². The number of rotatable bonds is 5.